The molecule has 45 heavy (non-hydrogen) atoms. The summed E-state index contributed by atoms with van der Waals surface area (Å²) in [5, 5.41) is 9.29. The van der Waals surface area contributed by atoms with Gasteiger partial charge in [0, 0.05) is 29.7 Å². The van der Waals surface area contributed by atoms with E-state index in [9.17, 15) is 0 Å². The fourth-order valence-electron chi connectivity index (χ4n) is 6.54. The third-order valence-corrected chi connectivity index (χ3v) is 8.79. The maximum absolute atomic E-state index is 6.19. The SMILES string of the molecule is C1=CCNC=C1.NC1C=c2ccc3c(c2CC1)CC=c1cc(-c2ncc4ncn(Cc5ccc6ncccc6c5)c4n2)ccc1=3. The Morgan fingerprint density at radius 2 is 1.84 bits per heavy atom. The van der Waals surface area contributed by atoms with Crippen molar-refractivity contribution >= 4 is 34.2 Å². The maximum Gasteiger partial charge on any atom is 0.164 e. The number of nitrogens with zero attached hydrogens (tertiary/aromatic N) is 5. The highest BCUT2D eigenvalue weighted by Crippen LogP contribution is 2.22. The molecule has 0 saturated carbocycles. The molecule has 1 aliphatic heterocycles. The molecule has 0 spiro atoms. The number of hydrogen-bond donors (Lipinski definition) is 2. The van der Waals surface area contributed by atoms with Crippen molar-refractivity contribution in [2.24, 2.45) is 5.73 Å². The summed E-state index contributed by atoms with van der Waals surface area (Å²) in [5.41, 5.74) is 13.9. The standard InChI is InChI=1S/C33H26N6.C5H7N/c34-25-7-11-27-22(16-25)5-10-28-26-8-6-24(15-21(26)4-9-29(27)28)32-36-17-31-33(38-32)39(19-37-31)18-20-3-12-30-23(14-20)2-1-13-35-30;1-2-4-6-5-3-1/h1-6,8,10,12-17,19,25H,7,9,11,18,34H2;1-4,6H,5H2. The van der Waals surface area contributed by atoms with Crippen LogP contribution in [0.2, 0.25) is 0 Å². The van der Waals surface area contributed by atoms with Crippen molar-refractivity contribution in [2.45, 2.75) is 31.8 Å². The van der Waals surface area contributed by atoms with E-state index in [0.29, 0.717) is 12.4 Å². The van der Waals surface area contributed by atoms with E-state index in [2.05, 4.69) is 97.7 Å². The van der Waals surface area contributed by atoms with Crippen LogP contribution in [0, 0.1) is 10.4 Å². The third kappa shape index (κ3) is 5.32. The fourth-order valence-corrected chi connectivity index (χ4v) is 6.54. The first kappa shape index (κ1) is 27.2. The highest BCUT2D eigenvalue weighted by atomic mass is 15.1. The van der Waals surface area contributed by atoms with Gasteiger partial charge in [0.2, 0.25) is 0 Å². The maximum atomic E-state index is 6.19. The van der Waals surface area contributed by atoms with Crippen LogP contribution in [0.5, 0.6) is 0 Å². The van der Waals surface area contributed by atoms with Crippen molar-refractivity contribution in [2.75, 3.05) is 6.54 Å². The molecule has 6 aromatic rings. The first-order chi connectivity index (χ1) is 22.2. The topological polar surface area (TPSA) is 94.5 Å². The fraction of sp³-hybridized carbons (Fsp3) is 0.158. The van der Waals surface area contributed by atoms with E-state index in [1.165, 1.54) is 37.6 Å². The van der Waals surface area contributed by atoms with E-state index < -0.39 is 0 Å². The monoisotopic (exact) mass is 587 g/mol. The molecule has 0 radical (unpaired) electrons. The molecular formula is C38H33N7. The van der Waals surface area contributed by atoms with Crippen molar-refractivity contribution in [1.82, 2.24) is 29.8 Å². The summed E-state index contributed by atoms with van der Waals surface area (Å²) in [4.78, 5) is 18.6. The third-order valence-electron chi connectivity index (χ3n) is 8.79. The van der Waals surface area contributed by atoms with Crippen LogP contribution in [-0.2, 0) is 19.4 Å². The van der Waals surface area contributed by atoms with E-state index in [-0.39, 0.29) is 6.04 Å². The van der Waals surface area contributed by atoms with Gasteiger partial charge >= 0.3 is 0 Å². The number of pyridine rings is 1. The summed E-state index contributed by atoms with van der Waals surface area (Å²) in [5.74, 6) is 0.711. The lowest BCUT2D eigenvalue weighted by Gasteiger charge is -2.19. The van der Waals surface area contributed by atoms with Gasteiger partial charge in [0.05, 0.1) is 24.6 Å². The number of imidazole rings is 1. The molecule has 7 nitrogen and oxygen atoms in total. The summed E-state index contributed by atoms with van der Waals surface area (Å²) >= 11 is 0. The van der Waals surface area contributed by atoms with E-state index in [1.807, 2.05) is 43.1 Å². The van der Waals surface area contributed by atoms with Gasteiger partial charge < -0.3 is 15.6 Å². The van der Waals surface area contributed by atoms with Gasteiger partial charge in [-0.1, -0.05) is 60.7 Å². The van der Waals surface area contributed by atoms with Crippen LogP contribution in [0.1, 0.15) is 23.1 Å². The smallest absolute Gasteiger partial charge is 0.164 e. The minimum absolute atomic E-state index is 0.163. The molecule has 0 fully saturated rings. The van der Waals surface area contributed by atoms with Gasteiger partial charge in [-0.15, -0.1) is 0 Å². The molecular weight excluding hydrogens is 554 g/mol. The Morgan fingerprint density at radius 1 is 0.889 bits per heavy atom. The summed E-state index contributed by atoms with van der Waals surface area (Å²) in [6.07, 6.45) is 21.1. The molecule has 9 rings (SSSR count). The van der Waals surface area contributed by atoms with Crippen LogP contribution < -0.4 is 21.5 Å². The average Bonchev–Trinajstić information content (AvgIpc) is 3.50. The average molecular weight is 588 g/mol. The number of allylic oxidation sites excluding steroid dienone is 2. The van der Waals surface area contributed by atoms with Crippen molar-refractivity contribution in [3.8, 4) is 11.4 Å². The van der Waals surface area contributed by atoms with Gasteiger partial charge in [-0.2, -0.15) is 0 Å². The summed E-state index contributed by atoms with van der Waals surface area (Å²) in [6.45, 7) is 1.66. The quantitative estimate of drug-likeness (QED) is 0.318. The predicted molar refractivity (Wildman–Crippen MR) is 180 cm³/mol. The molecule has 0 bridgehead atoms. The highest BCUT2D eigenvalue weighted by molar-refractivity contribution is 5.79. The van der Waals surface area contributed by atoms with Crippen molar-refractivity contribution in [1.29, 1.82) is 0 Å². The van der Waals surface area contributed by atoms with Crippen LogP contribution in [0.4, 0.5) is 0 Å². The van der Waals surface area contributed by atoms with E-state index in [1.54, 1.807) is 0 Å². The van der Waals surface area contributed by atoms with Gasteiger partial charge in [0.1, 0.15) is 5.52 Å². The van der Waals surface area contributed by atoms with E-state index >= 15 is 0 Å². The molecule has 0 saturated heterocycles. The van der Waals surface area contributed by atoms with Crippen LogP contribution in [0.3, 0.4) is 0 Å². The molecule has 1 atom stereocenters. The Kier molecular flexibility index (Phi) is 7.00. The number of rotatable bonds is 3. The largest absolute Gasteiger partial charge is 0.387 e. The van der Waals surface area contributed by atoms with Gasteiger partial charge in [-0.3, -0.25) is 4.98 Å². The lowest BCUT2D eigenvalue weighted by Crippen LogP contribution is -2.29. The lowest BCUT2D eigenvalue weighted by molar-refractivity contribution is 0.721. The number of nitrogens with one attached hydrogen (secondary N) is 1. The van der Waals surface area contributed by atoms with Gasteiger partial charge in [0.25, 0.3) is 0 Å². The Balaban J connectivity index is 0.000000452. The molecule has 2 aliphatic carbocycles. The molecule has 1 unspecified atom stereocenters. The first-order valence-electron chi connectivity index (χ1n) is 15.5. The number of nitrogens with two attached hydrogens (primary N) is 1. The van der Waals surface area contributed by atoms with Crippen LogP contribution in [-0.4, -0.2) is 37.1 Å². The number of hydrogen-bond acceptors (Lipinski definition) is 6. The summed E-state index contributed by atoms with van der Waals surface area (Å²) in [7, 11) is 0. The van der Waals surface area contributed by atoms with Crippen LogP contribution in [0.25, 0.3) is 45.6 Å². The number of aromatic nitrogens is 5. The second kappa shape index (κ2) is 11.6. The molecule has 7 heteroatoms. The zero-order valence-electron chi connectivity index (χ0n) is 24.9. The van der Waals surface area contributed by atoms with Crippen molar-refractivity contribution < 1.29 is 0 Å². The van der Waals surface area contributed by atoms with E-state index in [4.69, 9.17) is 10.7 Å². The summed E-state index contributed by atoms with van der Waals surface area (Å²) in [6, 6.07) is 21.7. The van der Waals surface area contributed by atoms with Crippen LogP contribution >= 0.6 is 0 Å². The molecule has 4 heterocycles. The second-order valence-corrected chi connectivity index (χ2v) is 11.7. The van der Waals surface area contributed by atoms with E-state index in [0.717, 1.165) is 53.4 Å². The number of fused-ring (bicyclic) bond motifs is 6. The Morgan fingerprint density at radius 3 is 2.71 bits per heavy atom. The summed E-state index contributed by atoms with van der Waals surface area (Å²) < 4.78 is 2.09. The minimum Gasteiger partial charge on any atom is -0.387 e. The second-order valence-electron chi connectivity index (χ2n) is 11.7. The predicted octanol–water partition coefficient (Wildman–Crippen LogP) is 4.43. The van der Waals surface area contributed by atoms with Crippen molar-refractivity contribution in [3.63, 3.8) is 0 Å². The molecule has 0 amide bonds. The molecule has 220 valence electrons. The lowest BCUT2D eigenvalue weighted by atomic mass is 9.87. The zero-order chi connectivity index (χ0) is 30.2. The van der Waals surface area contributed by atoms with Crippen molar-refractivity contribution in [3.05, 3.63) is 141 Å². The Hall–Kier alpha value is -5.40. The van der Waals surface area contributed by atoms with Crippen LogP contribution in [0.15, 0.2) is 104 Å². The zero-order valence-corrected chi connectivity index (χ0v) is 24.9. The number of dihydropyridines is 1. The molecule has 3 aromatic carbocycles. The normalized spacial score (nSPS) is 16.0. The Bertz CT molecular complexity index is 2360. The molecule has 3 aromatic heterocycles. The number of benzene rings is 3. The van der Waals surface area contributed by atoms with Gasteiger partial charge in [-0.05, 0) is 93.4 Å². The minimum atomic E-state index is 0.163. The Labute approximate surface area is 260 Å². The molecule has 3 aliphatic rings. The van der Waals surface area contributed by atoms with Gasteiger partial charge in [0.15, 0.2) is 11.5 Å². The first-order valence-corrected chi connectivity index (χ1v) is 15.5. The highest BCUT2D eigenvalue weighted by Gasteiger charge is 2.15. The van der Waals surface area contributed by atoms with Gasteiger partial charge in [-0.25, -0.2) is 15.0 Å². The molecule has 3 N–H and O–H groups in total.